The normalized spacial score (nSPS) is 10.9. The summed E-state index contributed by atoms with van der Waals surface area (Å²) in [5.41, 5.74) is 0.569. The minimum absolute atomic E-state index is 0.0969. The van der Waals surface area contributed by atoms with Gasteiger partial charge in [-0.3, -0.25) is 9.59 Å². The van der Waals surface area contributed by atoms with Crippen LogP contribution < -0.4 is 5.32 Å². The lowest BCUT2D eigenvalue weighted by Gasteiger charge is -2.00. The summed E-state index contributed by atoms with van der Waals surface area (Å²) < 4.78 is 0. The number of nitrogens with one attached hydrogen (secondary N) is 1. The molecule has 0 amide bonds. The van der Waals surface area contributed by atoms with E-state index in [4.69, 9.17) is 5.11 Å². The zero-order chi connectivity index (χ0) is 8.85. The summed E-state index contributed by atoms with van der Waals surface area (Å²) in [5, 5.41) is 10.8. The third-order valence-electron chi connectivity index (χ3n) is 0.938. The third-order valence-corrected chi connectivity index (χ3v) is 0.938. The van der Waals surface area contributed by atoms with Crippen molar-refractivity contribution in [1.29, 1.82) is 0 Å². The molecule has 11 heavy (non-hydrogen) atoms. The van der Waals surface area contributed by atoms with Crippen molar-refractivity contribution in [1.82, 2.24) is 5.32 Å². The fraction of sp³-hybridized carbons (Fsp3) is 0.429. The Bertz CT molecular complexity index is 196. The second kappa shape index (κ2) is 4.49. The van der Waals surface area contributed by atoms with Gasteiger partial charge in [-0.2, -0.15) is 0 Å². The van der Waals surface area contributed by atoms with Gasteiger partial charge in [0.25, 0.3) is 0 Å². The van der Waals surface area contributed by atoms with Crippen LogP contribution in [0, 0.1) is 0 Å². The molecule has 0 unspecified atom stereocenters. The van der Waals surface area contributed by atoms with Gasteiger partial charge in [-0.25, -0.2) is 0 Å². The minimum atomic E-state index is -0.943. The molecule has 0 aliphatic rings. The monoisotopic (exact) mass is 157 g/mol. The van der Waals surface area contributed by atoms with E-state index in [2.05, 4.69) is 5.32 Å². The van der Waals surface area contributed by atoms with Gasteiger partial charge in [0.05, 0.1) is 0 Å². The summed E-state index contributed by atoms with van der Waals surface area (Å²) >= 11 is 0. The Morgan fingerprint density at radius 1 is 1.45 bits per heavy atom. The standard InChI is InChI=1S/C7H11NO3/c1-5(3-6(2)9)8-4-7(10)11/h3,8H,4H2,1-2H3,(H,10,11). The molecule has 0 radical (unpaired) electrons. The maximum absolute atomic E-state index is 10.4. The van der Waals surface area contributed by atoms with Gasteiger partial charge in [-0.1, -0.05) is 0 Å². The quantitative estimate of drug-likeness (QED) is 0.570. The number of hydrogen-bond donors (Lipinski definition) is 2. The molecule has 2 N–H and O–H groups in total. The van der Waals surface area contributed by atoms with Crippen LogP contribution in [0.3, 0.4) is 0 Å². The Kier molecular flexibility index (Phi) is 3.95. The highest BCUT2D eigenvalue weighted by Crippen LogP contribution is 1.85. The Hall–Kier alpha value is -1.32. The SMILES string of the molecule is CC(=O)C=C(C)NCC(=O)O. The van der Waals surface area contributed by atoms with Crippen LogP contribution in [0.1, 0.15) is 13.8 Å². The Balaban J connectivity index is 3.77. The average molecular weight is 157 g/mol. The fourth-order valence-corrected chi connectivity index (χ4v) is 0.571. The van der Waals surface area contributed by atoms with Crippen LogP contribution in [-0.4, -0.2) is 23.4 Å². The fourth-order valence-electron chi connectivity index (χ4n) is 0.571. The maximum Gasteiger partial charge on any atom is 0.322 e. The van der Waals surface area contributed by atoms with Crippen molar-refractivity contribution in [3.63, 3.8) is 0 Å². The molecule has 0 saturated heterocycles. The Morgan fingerprint density at radius 3 is 2.36 bits per heavy atom. The zero-order valence-electron chi connectivity index (χ0n) is 6.55. The predicted octanol–water partition coefficient (Wildman–Crippen LogP) is 0.153. The summed E-state index contributed by atoms with van der Waals surface area (Å²) in [6, 6.07) is 0. The molecule has 0 rings (SSSR count). The van der Waals surface area contributed by atoms with E-state index in [0.29, 0.717) is 5.70 Å². The highest BCUT2D eigenvalue weighted by Gasteiger charge is 1.95. The smallest absolute Gasteiger partial charge is 0.322 e. The Morgan fingerprint density at radius 2 is 2.00 bits per heavy atom. The summed E-state index contributed by atoms with van der Waals surface area (Å²) in [7, 11) is 0. The number of ketones is 1. The molecule has 4 nitrogen and oxygen atoms in total. The van der Waals surface area contributed by atoms with Gasteiger partial charge in [0.1, 0.15) is 6.54 Å². The molecular formula is C7H11NO3. The maximum atomic E-state index is 10.4. The summed E-state index contributed by atoms with van der Waals surface area (Å²) in [6.07, 6.45) is 1.35. The number of carboxylic acid groups (broad SMARTS) is 1. The van der Waals surface area contributed by atoms with Crippen LogP contribution in [0.2, 0.25) is 0 Å². The number of allylic oxidation sites excluding steroid dienone is 2. The van der Waals surface area contributed by atoms with Gasteiger partial charge in [-0.15, -0.1) is 0 Å². The van der Waals surface area contributed by atoms with Crippen LogP contribution in [0.5, 0.6) is 0 Å². The first kappa shape index (κ1) is 9.68. The molecule has 0 aliphatic carbocycles. The molecule has 0 fully saturated rings. The molecule has 0 saturated carbocycles. The third kappa shape index (κ3) is 6.57. The van der Waals surface area contributed by atoms with Gasteiger partial charge in [0, 0.05) is 5.70 Å². The number of rotatable bonds is 4. The van der Waals surface area contributed by atoms with Crippen LogP contribution in [0.15, 0.2) is 11.8 Å². The molecule has 0 bridgehead atoms. The molecule has 0 spiro atoms. The number of carbonyl (C=O) groups is 2. The van der Waals surface area contributed by atoms with E-state index in [1.165, 1.54) is 13.0 Å². The van der Waals surface area contributed by atoms with Crippen molar-refractivity contribution in [3.05, 3.63) is 11.8 Å². The van der Waals surface area contributed by atoms with E-state index in [9.17, 15) is 9.59 Å². The van der Waals surface area contributed by atoms with Crippen LogP contribution in [-0.2, 0) is 9.59 Å². The van der Waals surface area contributed by atoms with Crippen molar-refractivity contribution in [2.75, 3.05) is 6.54 Å². The van der Waals surface area contributed by atoms with E-state index in [1.54, 1.807) is 6.92 Å². The van der Waals surface area contributed by atoms with Crippen LogP contribution in [0.4, 0.5) is 0 Å². The Labute approximate surface area is 64.9 Å². The largest absolute Gasteiger partial charge is 0.480 e. The molecule has 0 heterocycles. The first-order chi connectivity index (χ1) is 5.02. The topological polar surface area (TPSA) is 66.4 Å². The summed E-state index contributed by atoms with van der Waals surface area (Å²) in [6.45, 7) is 2.89. The van der Waals surface area contributed by atoms with Gasteiger partial charge < -0.3 is 10.4 Å². The molecule has 0 aliphatic heterocycles. The molecule has 4 heteroatoms. The lowest BCUT2D eigenvalue weighted by Crippen LogP contribution is -2.20. The molecule has 0 aromatic rings. The van der Waals surface area contributed by atoms with Gasteiger partial charge in [-0.05, 0) is 19.9 Å². The second-order valence-electron chi connectivity index (χ2n) is 2.19. The van der Waals surface area contributed by atoms with Crippen LogP contribution >= 0.6 is 0 Å². The molecule has 0 aromatic heterocycles. The van der Waals surface area contributed by atoms with E-state index in [-0.39, 0.29) is 12.3 Å². The van der Waals surface area contributed by atoms with E-state index >= 15 is 0 Å². The summed E-state index contributed by atoms with van der Waals surface area (Å²) in [4.78, 5) is 20.4. The van der Waals surface area contributed by atoms with Gasteiger partial charge in [0.2, 0.25) is 0 Å². The van der Waals surface area contributed by atoms with E-state index in [0.717, 1.165) is 0 Å². The first-order valence-electron chi connectivity index (χ1n) is 3.17. The van der Waals surface area contributed by atoms with Crippen molar-refractivity contribution in [2.24, 2.45) is 0 Å². The molecular weight excluding hydrogens is 146 g/mol. The van der Waals surface area contributed by atoms with Crippen molar-refractivity contribution >= 4 is 11.8 Å². The lowest BCUT2D eigenvalue weighted by molar-refractivity contribution is -0.135. The number of carbonyl (C=O) groups excluding carboxylic acids is 1. The van der Waals surface area contributed by atoms with Gasteiger partial charge in [0.15, 0.2) is 5.78 Å². The summed E-state index contributed by atoms with van der Waals surface area (Å²) in [5.74, 6) is -1.04. The highest BCUT2D eigenvalue weighted by atomic mass is 16.4. The number of carboxylic acids is 1. The van der Waals surface area contributed by atoms with Crippen molar-refractivity contribution < 1.29 is 14.7 Å². The van der Waals surface area contributed by atoms with Crippen molar-refractivity contribution in [3.8, 4) is 0 Å². The van der Waals surface area contributed by atoms with E-state index < -0.39 is 5.97 Å². The molecule has 0 atom stereocenters. The highest BCUT2D eigenvalue weighted by molar-refractivity contribution is 5.87. The van der Waals surface area contributed by atoms with Gasteiger partial charge >= 0.3 is 5.97 Å². The number of aliphatic carboxylic acids is 1. The van der Waals surface area contributed by atoms with E-state index in [1.807, 2.05) is 0 Å². The first-order valence-corrected chi connectivity index (χ1v) is 3.17. The van der Waals surface area contributed by atoms with Crippen molar-refractivity contribution in [2.45, 2.75) is 13.8 Å². The lowest BCUT2D eigenvalue weighted by atomic mass is 10.3. The minimum Gasteiger partial charge on any atom is -0.480 e. The van der Waals surface area contributed by atoms with Crippen LogP contribution in [0.25, 0.3) is 0 Å². The number of hydrogen-bond acceptors (Lipinski definition) is 3. The average Bonchev–Trinajstić information content (AvgIpc) is 1.82. The second-order valence-corrected chi connectivity index (χ2v) is 2.19. The predicted molar refractivity (Wildman–Crippen MR) is 40.1 cm³/mol. The zero-order valence-corrected chi connectivity index (χ0v) is 6.55. The molecule has 0 aromatic carbocycles. The molecule has 62 valence electrons.